The smallest absolute Gasteiger partial charge is 0.146 e. The molecule has 4 heteroatoms. The van der Waals surface area contributed by atoms with E-state index in [2.05, 4.69) is 10.2 Å². The Morgan fingerprint density at radius 2 is 2.16 bits per heavy atom. The van der Waals surface area contributed by atoms with Gasteiger partial charge in [0.1, 0.15) is 17.7 Å². The van der Waals surface area contributed by atoms with E-state index >= 15 is 0 Å². The first-order valence-corrected chi connectivity index (χ1v) is 7.14. The van der Waals surface area contributed by atoms with Crippen molar-refractivity contribution in [2.24, 2.45) is 5.92 Å². The number of fused-ring (bicyclic) bond motifs is 1. The van der Waals surface area contributed by atoms with Gasteiger partial charge in [-0.25, -0.2) is 4.39 Å². The summed E-state index contributed by atoms with van der Waals surface area (Å²) in [6.45, 7) is 6.21. The van der Waals surface area contributed by atoms with E-state index in [1.54, 1.807) is 0 Å². The highest BCUT2D eigenvalue weighted by atomic mass is 19.1. The number of hydrogen-bond acceptors (Lipinski definition) is 3. The molecule has 1 atom stereocenters. The monoisotopic (exact) mass is 264 g/mol. The van der Waals surface area contributed by atoms with E-state index in [1.165, 1.54) is 25.0 Å². The SMILES string of the molecule is CC1CN(CC2CCNCC2)c2ccc(F)cc2O1. The Hall–Kier alpha value is -1.29. The summed E-state index contributed by atoms with van der Waals surface area (Å²) in [5.41, 5.74) is 1.04. The fraction of sp³-hybridized carbons (Fsp3) is 0.600. The summed E-state index contributed by atoms with van der Waals surface area (Å²) in [5.74, 6) is 1.19. The lowest BCUT2D eigenvalue weighted by molar-refractivity contribution is 0.207. The maximum absolute atomic E-state index is 13.3. The van der Waals surface area contributed by atoms with E-state index in [1.807, 2.05) is 13.0 Å². The van der Waals surface area contributed by atoms with Crippen molar-refractivity contribution in [1.29, 1.82) is 0 Å². The minimum absolute atomic E-state index is 0.121. The molecule has 0 spiro atoms. The summed E-state index contributed by atoms with van der Waals surface area (Å²) in [6, 6.07) is 4.87. The lowest BCUT2D eigenvalue weighted by atomic mass is 9.97. The second-order valence-electron chi connectivity index (χ2n) is 5.64. The molecule has 3 nitrogen and oxygen atoms in total. The summed E-state index contributed by atoms with van der Waals surface area (Å²) < 4.78 is 19.0. The molecule has 104 valence electrons. The number of rotatable bonds is 2. The normalized spacial score (nSPS) is 23.9. The second kappa shape index (κ2) is 5.37. The van der Waals surface area contributed by atoms with Gasteiger partial charge in [0.15, 0.2) is 0 Å². The van der Waals surface area contributed by atoms with Gasteiger partial charge in [0, 0.05) is 12.6 Å². The zero-order valence-electron chi connectivity index (χ0n) is 11.4. The molecule has 0 aliphatic carbocycles. The highest BCUT2D eigenvalue weighted by Gasteiger charge is 2.26. The van der Waals surface area contributed by atoms with Crippen LogP contribution in [0, 0.1) is 11.7 Å². The molecule has 19 heavy (non-hydrogen) atoms. The second-order valence-corrected chi connectivity index (χ2v) is 5.64. The molecule has 1 unspecified atom stereocenters. The van der Waals surface area contributed by atoms with Gasteiger partial charge < -0.3 is 15.0 Å². The van der Waals surface area contributed by atoms with Crippen LogP contribution in [0.25, 0.3) is 0 Å². The first-order chi connectivity index (χ1) is 9.22. The van der Waals surface area contributed by atoms with Crippen molar-refractivity contribution in [1.82, 2.24) is 5.32 Å². The minimum atomic E-state index is -0.227. The predicted octanol–water partition coefficient (Wildman–Crippen LogP) is 2.41. The summed E-state index contributed by atoms with van der Waals surface area (Å²) in [7, 11) is 0. The van der Waals surface area contributed by atoms with Crippen molar-refractivity contribution in [3.8, 4) is 5.75 Å². The standard InChI is InChI=1S/C15H21FN2O/c1-11-9-18(10-12-4-6-17-7-5-12)14-3-2-13(16)8-15(14)19-11/h2-3,8,11-12,17H,4-7,9-10H2,1H3. The quantitative estimate of drug-likeness (QED) is 0.888. The van der Waals surface area contributed by atoms with Gasteiger partial charge >= 0.3 is 0 Å². The average Bonchev–Trinajstić information content (AvgIpc) is 2.39. The number of ether oxygens (including phenoxy) is 1. The molecule has 1 N–H and O–H groups in total. The molecule has 2 aliphatic rings. The predicted molar refractivity (Wildman–Crippen MR) is 74.3 cm³/mol. The van der Waals surface area contributed by atoms with E-state index < -0.39 is 0 Å². The third kappa shape index (κ3) is 2.84. The Balaban J connectivity index is 1.78. The number of nitrogens with zero attached hydrogens (tertiary/aromatic N) is 1. The average molecular weight is 264 g/mol. The van der Waals surface area contributed by atoms with Gasteiger partial charge in [-0.15, -0.1) is 0 Å². The Labute approximate surface area is 113 Å². The molecule has 0 saturated carbocycles. The van der Waals surface area contributed by atoms with Crippen molar-refractivity contribution in [2.75, 3.05) is 31.1 Å². The maximum atomic E-state index is 13.3. The molecule has 0 radical (unpaired) electrons. The fourth-order valence-corrected chi connectivity index (χ4v) is 3.06. The third-order valence-electron chi connectivity index (χ3n) is 4.01. The van der Waals surface area contributed by atoms with Crippen molar-refractivity contribution >= 4 is 5.69 Å². The topological polar surface area (TPSA) is 24.5 Å². The van der Waals surface area contributed by atoms with Gasteiger partial charge in [0.2, 0.25) is 0 Å². The fourth-order valence-electron chi connectivity index (χ4n) is 3.06. The number of anilines is 1. The van der Waals surface area contributed by atoms with Crippen molar-refractivity contribution in [3.63, 3.8) is 0 Å². The van der Waals surface area contributed by atoms with E-state index in [9.17, 15) is 4.39 Å². The summed E-state index contributed by atoms with van der Waals surface area (Å²) >= 11 is 0. The van der Waals surface area contributed by atoms with Crippen LogP contribution in [0.4, 0.5) is 10.1 Å². The van der Waals surface area contributed by atoms with Crippen LogP contribution in [0.5, 0.6) is 5.75 Å². The Morgan fingerprint density at radius 3 is 2.95 bits per heavy atom. The Morgan fingerprint density at radius 1 is 1.37 bits per heavy atom. The van der Waals surface area contributed by atoms with Crippen LogP contribution in [0.3, 0.4) is 0 Å². The van der Waals surface area contributed by atoms with Gasteiger partial charge in [-0.3, -0.25) is 0 Å². The molecule has 1 fully saturated rings. The maximum Gasteiger partial charge on any atom is 0.146 e. The summed E-state index contributed by atoms with van der Waals surface area (Å²) in [4.78, 5) is 2.36. The molecule has 0 aromatic heterocycles. The summed E-state index contributed by atoms with van der Waals surface area (Å²) in [6.07, 6.45) is 2.57. The van der Waals surface area contributed by atoms with Crippen LogP contribution < -0.4 is 15.0 Å². The Bertz CT molecular complexity index is 446. The molecule has 2 aliphatic heterocycles. The molecule has 1 saturated heterocycles. The van der Waals surface area contributed by atoms with Gasteiger partial charge in [0.25, 0.3) is 0 Å². The Kier molecular flexibility index (Phi) is 3.60. The van der Waals surface area contributed by atoms with E-state index in [-0.39, 0.29) is 11.9 Å². The number of nitrogens with one attached hydrogen (secondary N) is 1. The lowest BCUT2D eigenvalue weighted by Crippen LogP contribution is -2.43. The molecule has 2 heterocycles. The molecule has 0 amide bonds. The molecule has 3 rings (SSSR count). The first kappa shape index (κ1) is 12.7. The lowest BCUT2D eigenvalue weighted by Gasteiger charge is -2.38. The van der Waals surface area contributed by atoms with Crippen LogP contribution in [0.15, 0.2) is 18.2 Å². The number of halogens is 1. The van der Waals surface area contributed by atoms with Crippen LogP contribution in [0.1, 0.15) is 19.8 Å². The van der Waals surface area contributed by atoms with Crippen molar-refractivity contribution in [2.45, 2.75) is 25.9 Å². The van der Waals surface area contributed by atoms with Crippen LogP contribution in [0.2, 0.25) is 0 Å². The zero-order valence-corrected chi connectivity index (χ0v) is 11.4. The van der Waals surface area contributed by atoms with Crippen LogP contribution >= 0.6 is 0 Å². The first-order valence-electron chi connectivity index (χ1n) is 7.14. The van der Waals surface area contributed by atoms with Gasteiger partial charge in [0.05, 0.1) is 12.2 Å². The highest BCUT2D eigenvalue weighted by molar-refractivity contribution is 5.60. The molecule has 1 aromatic rings. The highest BCUT2D eigenvalue weighted by Crippen LogP contribution is 2.35. The van der Waals surface area contributed by atoms with Crippen LogP contribution in [-0.4, -0.2) is 32.3 Å². The number of benzene rings is 1. The van der Waals surface area contributed by atoms with Crippen molar-refractivity contribution < 1.29 is 9.13 Å². The van der Waals surface area contributed by atoms with Gasteiger partial charge in [-0.1, -0.05) is 0 Å². The molecule has 0 bridgehead atoms. The van der Waals surface area contributed by atoms with Gasteiger partial charge in [-0.05, 0) is 50.9 Å². The molecular formula is C15H21FN2O. The minimum Gasteiger partial charge on any atom is -0.487 e. The zero-order chi connectivity index (χ0) is 13.2. The molecule has 1 aromatic carbocycles. The number of piperidine rings is 1. The van der Waals surface area contributed by atoms with E-state index in [4.69, 9.17) is 4.74 Å². The summed E-state index contributed by atoms with van der Waals surface area (Å²) in [5, 5.41) is 3.39. The van der Waals surface area contributed by atoms with E-state index in [0.717, 1.165) is 37.8 Å². The number of hydrogen-bond donors (Lipinski definition) is 1. The molecular weight excluding hydrogens is 243 g/mol. The van der Waals surface area contributed by atoms with E-state index in [0.29, 0.717) is 5.75 Å². The van der Waals surface area contributed by atoms with Crippen molar-refractivity contribution in [3.05, 3.63) is 24.0 Å². The van der Waals surface area contributed by atoms with Gasteiger partial charge in [-0.2, -0.15) is 0 Å². The van der Waals surface area contributed by atoms with Crippen LogP contribution in [-0.2, 0) is 0 Å². The third-order valence-corrected chi connectivity index (χ3v) is 4.01. The largest absolute Gasteiger partial charge is 0.487 e.